The standard InChI is InChI=1S/C10H9N3/c1-7-9(6-11)8-4-2-3-5-10(8)13(7)12/h2-5H,12H2,1H3. The van der Waals surface area contributed by atoms with Gasteiger partial charge in [0.05, 0.1) is 16.8 Å². The Hall–Kier alpha value is -1.95. The van der Waals surface area contributed by atoms with Crippen LogP contribution in [0.1, 0.15) is 11.3 Å². The van der Waals surface area contributed by atoms with Crippen LogP contribution in [0, 0.1) is 18.3 Å². The number of fused-ring (bicyclic) bond motifs is 1. The molecule has 0 atom stereocenters. The van der Waals surface area contributed by atoms with Gasteiger partial charge < -0.3 is 5.84 Å². The van der Waals surface area contributed by atoms with E-state index in [9.17, 15) is 0 Å². The van der Waals surface area contributed by atoms with E-state index in [0.29, 0.717) is 5.56 Å². The number of hydrogen-bond acceptors (Lipinski definition) is 2. The third-order valence-corrected chi connectivity index (χ3v) is 2.27. The van der Waals surface area contributed by atoms with Crippen LogP contribution in [0.5, 0.6) is 0 Å². The molecule has 0 amide bonds. The number of benzene rings is 1. The van der Waals surface area contributed by atoms with Crippen LogP contribution < -0.4 is 5.84 Å². The minimum absolute atomic E-state index is 0.665. The lowest BCUT2D eigenvalue weighted by Crippen LogP contribution is -2.09. The molecule has 0 saturated heterocycles. The van der Waals surface area contributed by atoms with Crippen LogP contribution in [0.2, 0.25) is 0 Å². The lowest BCUT2D eigenvalue weighted by molar-refractivity contribution is 0.996. The molecular formula is C10H9N3. The van der Waals surface area contributed by atoms with E-state index in [1.165, 1.54) is 0 Å². The zero-order valence-corrected chi connectivity index (χ0v) is 7.28. The lowest BCUT2D eigenvalue weighted by atomic mass is 10.1. The fourth-order valence-corrected chi connectivity index (χ4v) is 1.53. The van der Waals surface area contributed by atoms with Gasteiger partial charge in [-0.1, -0.05) is 18.2 Å². The van der Waals surface area contributed by atoms with Crippen molar-refractivity contribution in [3.05, 3.63) is 35.5 Å². The van der Waals surface area contributed by atoms with Crippen molar-refractivity contribution >= 4 is 10.9 Å². The Morgan fingerprint density at radius 2 is 2.08 bits per heavy atom. The Morgan fingerprint density at radius 1 is 1.38 bits per heavy atom. The van der Waals surface area contributed by atoms with E-state index in [1.807, 2.05) is 31.2 Å². The monoisotopic (exact) mass is 171 g/mol. The van der Waals surface area contributed by atoms with Crippen LogP contribution in [-0.2, 0) is 0 Å². The van der Waals surface area contributed by atoms with E-state index in [-0.39, 0.29) is 0 Å². The molecule has 2 N–H and O–H groups in total. The molecule has 0 saturated carbocycles. The van der Waals surface area contributed by atoms with Gasteiger partial charge in [-0.15, -0.1) is 0 Å². The summed E-state index contributed by atoms with van der Waals surface area (Å²) in [6, 6.07) is 9.79. The highest BCUT2D eigenvalue weighted by molar-refractivity contribution is 5.87. The largest absolute Gasteiger partial charge is 0.339 e. The highest BCUT2D eigenvalue weighted by Gasteiger charge is 2.10. The maximum Gasteiger partial charge on any atom is 0.102 e. The Bertz CT molecular complexity index is 503. The van der Waals surface area contributed by atoms with Crippen molar-refractivity contribution in [1.82, 2.24) is 4.68 Å². The van der Waals surface area contributed by atoms with E-state index in [0.717, 1.165) is 16.6 Å². The molecule has 0 aliphatic carbocycles. The van der Waals surface area contributed by atoms with Gasteiger partial charge in [0.1, 0.15) is 6.07 Å². The molecule has 1 aromatic heterocycles. The number of para-hydroxylation sites is 1. The fraction of sp³-hybridized carbons (Fsp3) is 0.100. The molecule has 1 heterocycles. The SMILES string of the molecule is Cc1c(C#N)c2ccccc2n1N. The first-order valence-electron chi connectivity index (χ1n) is 4.01. The first-order chi connectivity index (χ1) is 6.25. The Morgan fingerprint density at radius 3 is 2.77 bits per heavy atom. The number of hydrogen-bond donors (Lipinski definition) is 1. The van der Waals surface area contributed by atoms with Crippen molar-refractivity contribution in [2.45, 2.75) is 6.92 Å². The lowest BCUT2D eigenvalue weighted by Gasteiger charge is -1.96. The molecule has 0 spiro atoms. The minimum Gasteiger partial charge on any atom is -0.339 e. The first kappa shape index (κ1) is 7.69. The molecule has 0 fully saturated rings. The van der Waals surface area contributed by atoms with Crippen LogP contribution in [0.3, 0.4) is 0 Å². The summed E-state index contributed by atoms with van der Waals surface area (Å²) in [5, 5.41) is 9.83. The van der Waals surface area contributed by atoms with E-state index in [1.54, 1.807) is 4.68 Å². The van der Waals surface area contributed by atoms with Crippen LogP contribution in [0.4, 0.5) is 0 Å². The van der Waals surface area contributed by atoms with Crippen LogP contribution in [-0.4, -0.2) is 4.68 Å². The quantitative estimate of drug-likeness (QED) is 0.611. The van der Waals surface area contributed by atoms with Crippen molar-refractivity contribution in [2.24, 2.45) is 0 Å². The van der Waals surface area contributed by atoms with Gasteiger partial charge in [-0.05, 0) is 13.0 Å². The number of nitriles is 1. The first-order valence-corrected chi connectivity index (χ1v) is 4.01. The van der Waals surface area contributed by atoms with Crippen molar-refractivity contribution in [3.63, 3.8) is 0 Å². The molecule has 2 aromatic rings. The summed E-state index contributed by atoms with van der Waals surface area (Å²) in [5.41, 5.74) is 2.37. The molecule has 0 unspecified atom stereocenters. The highest BCUT2D eigenvalue weighted by atomic mass is 15.3. The molecule has 64 valence electrons. The van der Waals surface area contributed by atoms with Crippen LogP contribution >= 0.6 is 0 Å². The maximum atomic E-state index is 8.91. The van der Waals surface area contributed by atoms with Crippen molar-refractivity contribution in [3.8, 4) is 6.07 Å². The van der Waals surface area contributed by atoms with Gasteiger partial charge in [0, 0.05) is 5.39 Å². The Kier molecular flexibility index (Phi) is 1.49. The second-order valence-electron chi connectivity index (χ2n) is 2.96. The number of aromatic nitrogens is 1. The summed E-state index contributed by atoms with van der Waals surface area (Å²) in [5.74, 6) is 5.78. The summed E-state index contributed by atoms with van der Waals surface area (Å²) >= 11 is 0. The summed E-state index contributed by atoms with van der Waals surface area (Å²) in [7, 11) is 0. The summed E-state index contributed by atoms with van der Waals surface area (Å²) in [6.45, 7) is 1.85. The normalized spacial score (nSPS) is 10.2. The van der Waals surface area contributed by atoms with Gasteiger partial charge >= 0.3 is 0 Å². The fourth-order valence-electron chi connectivity index (χ4n) is 1.53. The maximum absolute atomic E-state index is 8.91. The van der Waals surface area contributed by atoms with Gasteiger partial charge in [-0.3, -0.25) is 4.68 Å². The van der Waals surface area contributed by atoms with Gasteiger partial charge in [0.15, 0.2) is 0 Å². The third-order valence-electron chi connectivity index (χ3n) is 2.27. The van der Waals surface area contributed by atoms with Gasteiger partial charge in [-0.2, -0.15) is 5.26 Å². The number of nitrogens with zero attached hydrogens (tertiary/aromatic N) is 2. The smallest absolute Gasteiger partial charge is 0.102 e. The van der Waals surface area contributed by atoms with Gasteiger partial charge in [-0.25, -0.2) is 0 Å². The van der Waals surface area contributed by atoms with Crippen LogP contribution in [0.25, 0.3) is 10.9 Å². The van der Waals surface area contributed by atoms with Crippen molar-refractivity contribution in [1.29, 1.82) is 5.26 Å². The predicted molar refractivity (Wildman–Crippen MR) is 51.5 cm³/mol. The summed E-state index contributed by atoms with van der Waals surface area (Å²) in [4.78, 5) is 0. The molecular weight excluding hydrogens is 162 g/mol. The molecule has 3 heteroatoms. The number of rotatable bonds is 0. The van der Waals surface area contributed by atoms with Gasteiger partial charge in [0.25, 0.3) is 0 Å². The second-order valence-corrected chi connectivity index (χ2v) is 2.96. The molecule has 13 heavy (non-hydrogen) atoms. The molecule has 0 bridgehead atoms. The molecule has 0 aliphatic heterocycles. The molecule has 2 rings (SSSR count). The number of nitrogen functional groups attached to an aromatic ring is 1. The highest BCUT2D eigenvalue weighted by Crippen LogP contribution is 2.22. The zero-order chi connectivity index (χ0) is 9.42. The van der Waals surface area contributed by atoms with E-state index in [2.05, 4.69) is 6.07 Å². The topological polar surface area (TPSA) is 54.7 Å². The zero-order valence-electron chi connectivity index (χ0n) is 7.28. The van der Waals surface area contributed by atoms with E-state index < -0.39 is 0 Å². The summed E-state index contributed by atoms with van der Waals surface area (Å²) in [6.07, 6.45) is 0. The van der Waals surface area contributed by atoms with Gasteiger partial charge in [0.2, 0.25) is 0 Å². The second kappa shape index (κ2) is 2.53. The molecule has 0 radical (unpaired) electrons. The minimum atomic E-state index is 0.665. The third kappa shape index (κ3) is 0.890. The van der Waals surface area contributed by atoms with Crippen molar-refractivity contribution < 1.29 is 0 Å². The van der Waals surface area contributed by atoms with Crippen LogP contribution in [0.15, 0.2) is 24.3 Å². The molecule has 0 aliphatic rings. The molecule has 1 aromatic carbocycles. The Labute approximate surface area is 76.0 Å². The predicted octanol–water partition coefficient (Wildman–Crippen LogP) is 1.54. The summed E-state index contributed by atoms with van der Waals surface area (Å²) < 4.78 is 1.55. The van der Waals surface area contributed by atoms with Crippen molar-refractivity contribution in [2.75, 3.05) is 5.84 Å². The molecule has 3 nitrogen and oxygen atoms in total. The van der Waals surface area contributed by atoms with E-state index in [4.69, 9.17) is 11.1 Å². The van der Waals surface area contributed by atoms with E-state index >= 15 is 0 Å². The number of nitrogens with two attached hydrogens (primary N) is 1. The average molecular weight is 171 g/mol. The average Bonchev–Trinajstić information content (AvgIpc) is 2.41. The Balaban J connectivity index is 3.00.